The summed E-state index contributed by atoms with van der Waals surface area (Å²) in [4.78, 5) is 10.7. The van der Waals surface area contributed by atoms with Crippen LogP contribution in [0.2, 0.25) is 0 Å². The number of rotatable bonds is 5. The summed E-state index contributed by atoms with van der Waals surface area (Å²) in [5, 5.41) is 10.6. The topological polar surface area (TPSA) is 86.2 Å². The minimum absolute atomic E-state index is 0.0160. The Morgan fingerprint density at radius 2 is 1.85 bits per heavy atom. The summed E-state index contributed by atoms with van der Waals surface area (Å²) >= 11 is 0. The lowest BCUT2D eigenvalue weighted by atomic mass is 9.85. The van der Waals surface area contributed by atoms with Crippen molar-refractivity contribution in [3.05, 3.63) is 34.4 Å². The van der Waals surface area contributed by atoms with E-state index in [0.29, 0.717) is 16.6 Å². The van der Waals surface area contributed by atoms with E-state index in [1.807, 2.05) is 0 Å². The fourth-order valence-electron chi connectivity index (χ4n) is 2.69. The minimum Gasteiger partial charge on any atom is -0.327 e. The number of non-ortho nitro benzene ring substituents is 1. The summed E-state index contributed by atoms with van der Waals surface area (Å²) in [5.41, 5.74) is 6.18. The summed E-state index contributed by atoms with van der Waals surface area (Å²) in [5.74, 6) is 0.897. The zero-order valence-corrected chi connectivity index (χ0v) is 12.2. The zero-order chi connectivity index (χ0) is 14.5. The van der Waals surface area contributed by atoms with Crippen molar-refractivity contribution in [1.29, 1.82) is 0 Å². The Labute approximate surface area is 121 Å². The highest BCUT2D eigenvalue weighted by Crippen LogP contribution is 2.26. The van der Waals surface area contributed by atoms with Crippen LogP contribution in [-0.4, -0.2) is 20.9 Å². The normalized spacial score (nSPS) is 19.4. The van der Waals surface area contributed by atoms with Crippen molar-refractivity contribution >= 4 is 16.5 Å². The first-order valence-corrected chi connectivity index (χ1v) is 8.28. The second-order valence-corrected chi connectivity index (χ2v) is 6.82. The molecule has 0 spiro atoms. The van der Waals surface area contributed by atoms with Gasteiger partial charge in [0, 0.05) is 28.8 Å². The highest BCUT2D eigenvalue weighted by molar-refractivity contribution is 7.85. The molecule has 110 valence electrons. The molecule has 0 aromatic heterocycles. The molecule has 2 rings (SSSR count). The highest BCUT2D eigenvalue weighted by atomic mass is 32.2. The number of nitrogens with zero attached hydrogens (tertiary/aromatic N) is 1. The second-order valence-electron chi connectivity index (χ2n) is 5.33. The molecule has 1 aliphatic rings. The molecule has 1 fully saturated rings. The third kappa shape index (κ3) is 3.86. The first kappa shape index (κ1) is 15.1. The molecule has 0 aliphatic heterocycles. The Kier molecular flexibility index (Phi) is 5.25. The monoisotopic (exact) mass is 296 g/mol. The van der Waals surface area contributed by atoms with E-state index in [1.165, 1.54) is 31.4 Å². The molecule has 0 heterocycles. The van der Waals surface area contributed by atoms with E-state index in [1.54, 1.807) is 12.1 Å². The predicted molar refractivity (Wildman–Crippen MR) is 78.9 cm³/mol. The first-order chi connectivity index (χ1) is 9.58. The van der Waals surface area contributed by atoms with Gasteiger partial charge in [-0.05, 0) is 30.9 Å². The van der Waals surface area contributed by atoms with Gasteiger partial charge in [0.05, 0.1) is 15.7 Å². The van der Waals surface area contributed by atoms with Crippen LogP contribution in [0.3, 0.4) is 0 Å². The minimum atomic E-state index is -1.18. The Hall–Kier alpha value is -1.27. The van der Waals surface area contributed by atoms with E-state index in [0.717, 1.165) is 12.8 Å². The fourth-order valence-corrected chi connectivity index (χ4v) is 3.94. The van der Waals surface area contributed by atoms with Gasteiger partial charge in [-0.25, -0.2) is 0 Å². The molecule has 0 bridgehead atoms. The summed E-state index contributed by atoms with van der Waals surface area (Å²) in [7, 11) is -1.18. The van der Waals surface area contributed by atoms with E-state index < -0.39 is 15.7 Å². The van der Waals surface area contributed by atoms with Crippen LogP contribution < -0.4 is 5.73 Å². The largest absolute Gasteiger partial charge is 0.327 e. The van der Waals surface area contributed by atoms with Gasteiger partial charge in [-0.15, -0.1) is 0 Å². The van der Waals surface area contributed by atoms with Crippen molar-refractivity contribution in [2.45, 2.75) is 43.0 Å². The Morgan fingerprint density at radius 1 is 1.25 bits per heavy atom. The Bertz CT molecular complexity index is 484. The van der Waals surface area contributed by atoms with Crippen molar-refractivity contribution < 1.29 is 9.13 Å². The molecule has 6 heteroatoms. The van der Waals surface area contributed by atoms with E-state index in [4.69, 9.17) is 5.73 Å². The number of hydrogen-bond acceptors (Lipinski definition) is 4. The zero-order valence-electron chi connectivity index (χ0n) is 11.4. The molecule has 0 radical (unpaired) electrons. The lowest BCUT2D eigenvalue weighted by Gasteiger charge is -2.27. The van der Waals surface area contributed by atoms with Crippen LogP contribution in [0.1, 0.15) is 32.1 Å². The van der Waals surface area contributed by atoms with Gasteiger partial charge in [-0.1, -0.05) is 19.3 Å². The van der Waals surface area contributed by atoms with Gasteiger partial charge in [-0.2, -0.15) is 0 Å². The molecule has 0 amide bonds. The third-order valence-electron chi connectivity index (χ3n) is 3.91. The summed E-state index contributed by atoms with van der Waals surface area (Å²) < 4.78 is 12.2. The van der Waals surface area contributed by atoms with Gasteiger partial charge in [0.25, 0.3) is 5.69 Å². The van der Waals surface area contributed by atoms with E-state index in [2.05, 4.69) is 0 Å². The maximum absolute atomic E-state index is 12.2. The van der Waals surface area contributed by atoms with Gasteiger partial charge in [0.2, 0.25) is 0 Å². The number of nitro benzene ring substituents is 1. The third-order valence-corrected chi connectivity index (χ3v) is 5.40. The number of hydrogen-bond donors (Lipinski definition) is 1. The molecule has 1 aromatic rings. The standard InChI is InChI=1S/C14H20N2O3S/c15-14(11-4-2-1-3-5-11)10-20(19)13-8-6-12(7-9-13)16(17)18/h6-9,11,14H,1-5,10,15H2. The maximum Gasteiger partial charge on any atom is 0.269 e. The lowest BCUT2D eigenvalue weighted by molar-refractivity contribution is -0.384. The van der Waals surface area contributed by atoms with E-state index >= 15 is 0 Å². The second kappa shape index (κ2) is 6.95. The van der Waals surface area contributed by atoms with Crippen LogP contribution in [0.5, 0.6) is 0 Å². The quantitative estimate of drug-likeness (QED) is 0.668. The van der Waals surface area contributed by atoms with Gasteiger partial charge >= 0.3 is 0 Å². The van der Waals surface area contributed by atoms with E-state index in [9.17, 15) is 14.3 Å². The fraction of sp³-hybridized carbons (Fsp3) is 0.571. The molecule has 1 aromatic carbocycles. The molecule has 2 N–H and O–H groups in total. The number of nitro groups is 1. The molecule has 2 atom stereocenters. The van der Waals surface area contributed by atoms with Crippen LogP contribution in [0.25, 0.3) is 0 Å². The average Bonchev–Trinajstić information content (AvgIpc) is 2.48. The van der Waals surface area contributed by atoms with Crippen molar-refractivity contribution in [3.63, 3.8) is 0 Å². The van der Waals surface area contributed by atoms with Crippen LogP contribution in [0.15, 0.2) is 29.2 Å². The van der Waals surface area contributed by atoms with Crippen LogP contribution >= 0.6 is 0 Å². The molecule has 1 saturated carbocycles. The predicted octanol–water partition coefficient (Wildman–Crippen LogP) is 2.61. The molecule has 1 aliphatic carbocycles. The van der Waals surface area contributed by atoms with Crippen LogP contribution in [0, 0.1) is 16.0 Å². The average molecular weight is 296 g/mol. The van der Waals surface area contributed by atoms with Gasteiger partial charge in [0.1, 0.15) is 0 Å². The molecular weight excluding hydrogens is 276 g/mol. The maximum atomic E-state index is 12.2. The van der Waals surface area contributed by atoms with Crippen LogP contribution in [0.4, 0.5) is 5.69 Å². The van der Waals surface area contributed by atoms with E-state index in [-0.39, 0.29) is 11.7 Å². The lowest BCUT2D eigenvalue weighted by Crippen LogP contribution is -2.36. The first-order valence-electron chi connectivity index (χ1n) is 6.96. The Balaban J connectivity index is 1.95. The van der Waals surface area contributed by atoms with Gasteiger partial charge < -0.3 is 5.73 Å². The Morgan fingerprint density at radius 3 is 2.40 bits per heavy atom. The summed E-state index contributed by atoms with van der Waals surface area (Å²) in [6.45, 7) is 0. The van der Waals surface area contributed by atoms with Crippen LogP contribution in [-0.2, 0) is 10.8 Å². The smallest absolute Gasteiger partial charge is 0.269 e. The number of benzene rings is 1. The summed E-state index contributed by atoms with van der Waals surface area (Å²) in [6, 6.07) is 5.84. The van der Waals surface area contributed by atoms with Crippen molar-refractivity contribution in [1.82, 2.24) is 0 Å². The van der Waals surface area contributed by atoms with Crippen molar-refractivity contribution in [2.75, 3.05) is 5.75 Å². The van der Waals surface area contributed by atoms with Crippen molar-refractivity contribution in [2.24, 2.45) is 11.7 Å². The molecule has 20 heavy (non-hydrogen) atoms. The number of nitrogens with two attached hydrogens (primary N) is 1. The highest BCUT2D eigenvalue weighted by Gasteiger charge is 2.22. The van der Waals surface area contributed by atoms with Crippen molar-refractivity contribution in [3.8, 4) is 0 Å². The molecular formula is C14H20N2O3S. The molecule has 2 unspecified atom stereocenters. The molecule has 5 nitrogen and oxygen atoms in total. The SMILES string of the molecule is NC(CS(=O)c1ccc([N+](=O)[O-])cc1)C1CCCCC1. The van der Waals surface area contributed by atoms with Gasteiger partial charge in [0.15, 0.2) is 0 Å². The summed E-state index contributed by atoms with van der Waals surface area (Å²) in [6.07, 6.45) is 5.94. The van der Waals surface area contributed by atoms with Gasteiger partial charge in [-0.3, -0.25) is 14.3 Å². The molecule has 0 saturated heterocycles.